The summed E-state index contributed by atoms with van der Waals surface area (Å²) in [7, 11) is 1.71. The van der Waals surface area contributed by atoms with Gasteiger partial charge < -0.3 is 20.1 Å². The Bertz CT molecular complexity index is 501. The van der Waals surface area contributed by atoms with Gasteiger partial charge in [0.1, 0.15) is 5.75 Å². The summed E-state index contributed by atoms with van der Waals surface area (Å²) in [6.07, 6.45) is 0.881. The van der Waals surface area contributed by atoms with E-state index >= 15 is 0 Å². The molecule has 0 aromatic heterocycles. The van der Waals surface area contributed by atoms with E-state index in [1.807, 2.05) is 0 Å². The van der Waals surface area contributed by atoms with Gasteiger partial charge in [0.2, 0.25) is 0 Å². The lowest BCUT2D eigenvalue weighted by molar-refractivity contribution is 0.172. The normalized spacial score (nSPS) is 11.7. The standard InChI is InChI=1S/C19H33N3O2/c1-6-20-19(21-13-15(2)3)22-14-17-9-8-16(4)12-18(17)24-11-7-10-23-5/h8-9,12,15H,6-7,10-11,13-14H2,1-5H3,(H2,20,21,22). The molecule has 0 aliphatic carbocycles. The van der Waals surface area contributed by atoms with Crippen LogP contribution in [-0.4, -0.2) is 39.4 Å². The molecule has 0 aliphatic rings. The van der Waals surface area contributed by atoms with Crippen LogP contribution in [0.4, 0.5) is 0 Å². The molecular weight excluding hydrogens is 302 g/mol. The quantitative estimate of drug-likeness (QED) is 0.392. The highest BCUT2D eigenvalue weighted by molar-refractivity contribution is 5.79. The summed E-state index contributed by atoms with van der Waals surface area (Å²) in [5.41, 5.74) is 2.29. The third kappa shape index (κ3) is 8.20. The first-order valence-electron chi connectivity index (χ1n) is 8.80. The Balaban J connectivity index is 2.73. The first-order chi connectivity index (χ1) is 11.6. The van der Waals surface area contributed by atoms with E-state index in [1.54, 1.807) is 7.11 Å². The smallest absolute Gasteiger partial charge is 0.191 e. The second-order valence-corrected chi connectivity index (χ2v) is 6.28. The summed E-state index contributed by atoms with van der Waals surface area (Å²) >= 11 is 0. The molecule has 1 aromatic rings. The molecule has 1 aromatic carbocycles. The van der Waals surface area contributed by atoms with Crippen molar-refractivity contribution >= 4 is 5.96 Å². The van der Waals surface area contributed by atoms with Crippen molar-refractivity contribution in [2.45, 2.75) is 40.7 Å². The molecule has 0 aliphatic heterocycles. The third-order valence-corrected chi connectivity index (χ3v) is 3.40. The summed E-state index contributed by atoms with van der Waals surface area (Å²) in [6, 6.07) is 6.27. The molecule has 0 saturated carbocycles. The number of nitrogens with one attached hydrogen (secondary N) is 2. The number of methoxy groups -OCH3 is 1. The molecule has 0 radical (unpaired) electrons. The number of ether oxygens (including phenoxy) is 2. The summed E-state index contributed by atoms with van der Waals surface area (Å²) in [6.45, 7) is 12.2. The molecule has 24 heavy (non-hydrogen) atoms. The zero-order chi connectivity index (χ0) is 17.8. The molecule has 0 fully saturated rings. The predicted octanol–water partition coefficient (Wildman–Crippen LogP) is 3.12. The van der Waals surface area contributed by atoms with Crippen molar-refractivity contribution in [3.63, 3.8) is 0 Å². The number of rotatable bonds is 10. The lowest BCUT2D eigenvalue weighted by Gasteiger charge is -2.14. The fraction of sp³-hybridized carbons (Fsp3) is 0.632. The maximum Gasteiger partial charge on any atom is 0.191 e. The van der Waals surface area contributed by atoms with Crippen molar-refractivity contribution in [3.05, 3.63) is 29.3 Å². The molecule has 1 rings (SSSR count). The van der Waals surface area contributed by atoms with Crippen LogP contribution < -0.4 is 15.4 Å². The van der Waals surface area contributed by atoms with E-state index in [1.165, 1.54) is 5.56 Å². The Morgan fingerprint density at radius 2 is 2.00 bits per heavy atom. The van der Waals surface area contributed by atoms with Crippen LogP contribution in [0.5, 0.6) is 5.75 Å². The van der Waals surface area contributed by atoms with Crippen LogP contribution in [0.1, 0.15) is 38.3 Å². The zero-order valence-electron chi connectivity index (χ0n) is 15.8. The van der Waals surface area contributed by atoms with E-state index in [9.17, 15) is 0 Å². The minimum absolute atomic E-state index is 0.577. The third-order valence-electron chi connectivity index (χ3n) is 3.40. The van der Waals surface area contributed by atoms with Crippen LogP contribution in [0.3, 0.4) is 0 Å². The fourth-order valence-corrected chi connectivity index (χ4v) is 2.12. The van der Waals surface area contributed by atoms with Crippen LogP contribution in [0.15, 0.2) is 23.2 Å². The molecule has 136 valence electrons. The molecule has 0 bridgehead atoms. The Morgan fingerprint density at radius 3 is 2.67 bits per heavy atom. The van der Waals surface area contributed by atoms with Gasteiger partial charge in [-0.2, -0.15) is 0 Å². The highest BCUT2D eigenvalue weighted by atomic mass is 16.5. The van der Waals surface area contributed by atoms with Gasteiger partial charge in [0.15, 0.2) is 5.96 Å². The molecular formula is C19H33N3O2. The van der Waals surface area contributed by atoms with Crippen molar-refractivity contribution in [1.82, 2.24) is 10.6 Å². The Morgan fingerprint density at radius 1 is 1.21 bits per heavy atom. The number of aliphatic imine (C=N–C) groups is 1. The Kier molecular flexibility index (Phi) is 9.92. The SMILES string of the molecule is CCNC(=NCc1ccc(C)cc1OCCCOC)NCC(C)C. The Labute approximate surface area is 146 Å². The number of hydrogen-bond acceptors (Lipinski definition) is 3. The van der Waals surface area contributed by atoms with Crippen molar-refractivity contribution in [2.75, 3.05) is 33.4 Å². The van der Waals surface area contributed by atoms with E-state index < -0.39 is 0 Å². The number of guanidine groups is 1. The van der Waals surface area contributed by atoms with E-state index in [0.29, 0.717) is 25.7 Å². The molecule has 5 heteroatoms. The first-order valence-corrected chi connectivity index (χ1v) is 8.80. The lowest BCUT2D eigenvalue weighted by Crippen LogP contribution is -2.39. The number of benzene rings is 1. The van der Waals surface area contributed by atoms with Crippen LogP contribution >= 0.6 is 0 Å². The minimum atomic E-state index is 0.577. The van der Waals surface area contributed by atoms with Gasteiger partial charge in [-0.15, -0.1) is 0 Å². The van der Waals surface area contributed by atoms with Gasteiger partial charge in [0.05, 0.1) is 13.2 Å². The molecule has 0 saturated heterocycles. The number of nitrogens with zero attached hydrogens (tertiary/aromatic N) is 1. The lowest BCUT2D eigenvalue weighted by atomic mass is 10.1. The minimum Gasteiger partial charge on any atom is -0.493 e. The highest BCUT2D eigenvalue weighted by Gasteiger charge is 2.05. The largest absolute Gasteiger partial charge is 0.493 e. The second kappa shape index (κ2) is 11.7. The molecule has 2 N–H and O–H groups in total. The molecule has 0 spiro atoms. The van der Waals surface area contributed by atoms with Crippen molar-refractivity contribution in [2.24, 2.45) is 10.9 Å². The monoisotopic (exact) mass is 335 g/mol. The Hall–Kier alpha value is -1.75. The van der Waals surface area contributed by atoms with Crippen LogP contribution in [0.2, 0.25) is 0 Å². The van der Waals surface area contributed by atoms with Crippen molar-refractivity contribution in [1.29, 1.82) is 0 Å². The van der Waals surface area contributed by atoms with E-state index in [-0.39, 0.29) is 0 Å². The van der Waals surface area contributed by atoms with Crippen molar-refractivity contribution < 1.29 is 9.47 Å². The van der Waals surface area contributed by atoms with Crippen LogP contribution in [0.25, 0.3) is 0 Å². The summed E-state index contributed by atoms with van der Waals surface area (Å²) in [4.78, 5) is 4.68. The second-order valence-electron chi connectivity index (χ2n) is 6.28. The van der Waals surface area contributed by atoms with Gasteiger partial charge in [-0.25, -0.2) is 4.99 Å². The summed E-state index contributed by atoms with van der Waals surface area (Å²) in [5.74, 6) is 2.33. The van der Waals surface area contributed by atoms with Gasteiger partial charge in [-0.05, 0) is 31.4 Å². The number of hydrogen-bond donors (Lipinski definition) is 2. The summed E-state index contributed by atoms with van der Waals surface area (Å²) < 4.78 is 11.0. The molecule has 0 heterocycles. The maximum absolute atomic E-state index is 5.92. The highest BCUT2D eigenvalue weighted by Crippen LogP contribution is 2.21. The van der Waals surface area contributed by atoms with Gasteiger partial charge in [-0.1, -0.05) is 26.0 Å². The van der Waals surface area contributed by atoms with Gasteiger partial charge in [-0.3, -0.25) is 0 Å². The van der Waals surface area contributed by atoms with Crippen LogP contribution in [-0.2, 0) is 11.3 Å². The molecule has 0 atom stereocenters. The van der Waals surface area contributed by atoms with Crippen molar-refractivity contribution in [3.8, 4) is 5.75 Å². The molecule has 5 nitrogen and oxygen atoms in total. The zero-order valence-corrected chi connectivity index (χ0v) is 15.8. The topological polar surface area (TPSA) is 54.9 Å². The van der Waals surface area contributed by atoms with Crippen LogP contribution in [0, 0.1) is 12.8 Å². The van der Waals surface area contributed by atoms with E-state index in [0.717, 1.165) is 36.8 Å². The average molecular weight is 335 g/mol. The van der Waals surface area contributed by atoms with Gasteiger partial charge >= 0.3 is 0 Å². The molecule has 0 amide bonds. The predicted molar refractivity (Wildman–Crippen MR) is 101 cm³/mol. The van der Waals surface area contributed by atoms with Gasteiger partial charge in [0.25, 0.3) is 0 Å². The molecule has 0 unspecified atom stereocenters. The van der Waals surface area contributed by atoms with E-state index in [4.69, 9.17) is 9.47 Å². The van der Waals surface area contributed by atoms with Gasteiger partial charge in [0, 0.05) is 38.8 Å². The average Bonchev–Trinajstić information content (AvgIpc) is 2.55. The first kappa shape index (κ1) is 20.3. The number of aryl methyl sites for hydroxylation is 1. The fourth-order valence-electron chi connectivity index (χ4n) is 2.12. The van der Waals surface area contributed by atoms with E-state index in [2.05, 4.69) is 61.5 Å². The summed E-state index contributed by atoms with van der Waals surface area (Å²) in [5, 5.41) is 6.64. The maximum atomic E-state index is 5.92.